The summed E-state index contributed by atoms with van der Waals surface area (Å²) in [4.78, 5) is 2.51. The lowest BCUT2D eigenvalue weighted by molar-refractivity contribution is -0.0686. The van der Waals surface area contributed by atoms with Crippen LogP contribution in [-0.4, -0.2) is 60.0 Å². The molecule has 4 heteroatoms. The summed E-state index contributed by atoms with van der Waals surface area (Å²) in [5, 5.41) is 13.4. The molecule has 3 atom stereocenters. The van der Waals surface area contributed by atoms with E-state index in [0.29, 0.717) is 18.2 Å². The van der Waals surface area contributed by atoms with E-state index in [1.807, 2.05) is 0 Å². The van der Waals surface area contributed by atoms with Gasteiger partial charge in [-0.25, -0.2) is 0 Å². The Morgan fingerprint density at radius 3 is 2.40 bits per heavy atom. The lowest BCUT2D eigenvalue weighted by Gasteiger charge is -2.37. The lowest BCUT2D eigenvalue weighted by Crippen LogP contribution is -2.50. The zero-order valence-corrected chi connectivity index (χ0v) is 13.4. The second-order valence-electron chi connectivity index (χ2n) is 6.83. The quantitative estimate of drug-likeness (QED) is 0.713. The number of nitrogens with zero attached hydrogens (tertiary/aromatic N) is 1. The van der Waals surface area contributed by atoms with E-state index in [4.69, 9.17) is 4.74 Å². The van der Waals surface area contributed by atoms with Crippen molar-refractivity contribution in [1.29, 1.82) is 0 Å². The molecule has 2 N–H and O–H groups in total. The first kappa shape index (κ1) is 16.2. The molecule has 1 unspecified atom stereocenters. The fraction of sp³-hybridized carbons (Fsp3) is 1.00. The van der Waals surface area contributed by atoms with Crippen LogP contribution in [0.15, 0.2) is 0 Å². The maximum Gasteiger partial charge on any atom is 0.0678 e. The molecule has 4 nitrogen and oxygen atoms in total. The first-order chi connectivity index (χ1) is 9.57. The number of nitrogens with one attached hydrogen (secondary N) is 1. The smallest absolute Gasteiger partial charge is 0.0678 e. The van der Waals surface area contributed by atoms with E-state index >= 15 is 0 Å². The molecule has 0 aromatic carbocycles. The van der Waals surface area contributed by atoms with Crippen molar-refractivity contribution < 1.29 is 9.84 Å². The van der Waals surface area contributed by atoms with Gasteiger partial charge in [-0.3, -0.25) is 4.90 Å². The van der Waals surface area contributed by atoms with Crippen LogP contribution in [0.25, 0.3) is 0 Å². The molecule has 0 radical (unpaired) electrons. The first-order valence-electron chi connectivity index (χ1n) is 8.33. The number of rotatable bonds is 8. The van der Waals surface area contributed by atoms with Crippen LogP contribution in [0.4, 0.5) is 0 Å². The molecule has 0 aromatic heterocycles. The van der Waals surface area contributed by atoms with Crippen molar-refractivity contribution >= 4 is 0 Å². The minimum absolute atomic E-state index is 0.0509. The van der Waals surface area contributed by atoms with Gasteiger partial charge in [-0.05, 0) is 52.5 Å². The molecule has 0 amide bonds. The summed E-state index contributed by atoms with van der Waals surface area (Å²) in [6.07, 6.45) is 6.47. The highest BCUT2D eigenvalue weighted by Gasteiger charge is 2.34. The Morgan fingerprint density at radius 1 is 1.25 bits per heavy atom. The van der Waals surface area contributed by atoms with E-state index in [1.54, 1.807) is 0 Å². The van der Waals surface area contributed by atoms with E-state index in [2.05, 4.69) is 31.0 Å². The summed E-state index contributed by atoms with van der Waals surface area (Å²) < 4.78 is 5.77. The number of hydrogen-bond acceptors (Lipinski definition) is 4. The Kier molecular flexibility index (Phi) is 5.84. The second-order valence-corrected chi connectivity index (χ2v) is 6.83. The SMILES string of the molecule is CCC(CO)(CCCN1C[C@@H](C)O[C@@H](C)C1)NC1CC1. The van der Waals surface area contributed by atoms with Crippen LogP contribution in [0.1, 0.15) is 52.9 Å². The average molecular weight is 284 g/mol. The number of aliphatic hydroxyl groups is 1. The number of morpholine rings is 1. The Balaban J connectivity index is 1.74. The van der Waals surface area contributed by atoms with Gasteiger partial charge in [-0.2, -0.15) is 0 Å². The molecule has 1 saturated heterocycles. The zero-order valence-electron chi connectivity index (χ0n) is 13.4. The molecule has 2 rings (SSSR count). The Hall–Kier alpha value is -0.160. The Bertz CT molecular complexity index is 280. The third-order valence-corrected chi connectivity index (χ3v) is 4.69. The number of ether oxygens (including phenoxy) is 1. The monoisotopic (exact) mass is 284 g/mol. The van der Waals surface area contributed by atoms with E-state index < -0.39 is 0 Å². The van der Waals surface area contributed by atoms with E-state index in [9.17, 15) is 5.11 Å². The minimum atomic E-state index is -0.0509. The van der Waals surface area contributed by atoms with Gasteiger partial charge in [0.1, 0.15) is 0 Å². The predicted octanol–water partition coefficient (Wildman–Crippen LogP) is 1.77. The fourth-order valence-corrected chi connectivity index (χ4v) is 3.36. The molecule has 0 bridgehead atoms. The van der Waals surface area contributed by atoms with Gasteiger partial charge in [0.15, 0.2) is 0 Å². The topological polar surface area (TPSA) is 44.7 Å². The third-order valence-electron chi connectivity index (χ3n) is 4.69. The van der Waals surface area contributed by atoms with E-state index in [-0.39, 0.29) is 12.1 Å². The zero-order chi connectivity index (χ0) is 14.6. The summed E-state index contributed by atoms with van der Waals surface area (Å²) >= 11 is 0. The summed E-state index contributed by atoms with van der Waals surface area (Å²) in [6, 6.07) is 0.658. The van der Waals surface area contributed by atoms with Crippen molar-refractivity contribution in [2.45, 2.75) is 76.7 Å². The molecular formula is C16H32N2O2. The molecular weight excluding hydrogens is 252 g/mol. The van der Waals surface area contributed by atoms with Gasteiger partial charge in [-0.1, -0.05) is 6.92 Å². The standard InChI is InChI=1S/C16H32N2O2/c1-4-16(12-19,17-15-6-7-15)8-5-9-18-10-13(2)20-14(3)11-18/h13-15,17,19H,4-12H2,1-3H3/t13-,14+,16?. The largest absolute Gasteiger partial charge is 0.394 e. The van der Waals surface area contributed by atoms with Crippen LogP contribution in [-0.2, 0) is 4.74 Å². The highest BCUT2D eigenvalue weighted by atomic mass is 16.5. The van der Waals surface area contributed by atoms with Crippen molar-refractivity contribution in [2.24, 2.45) is 0 Å². The van der Waals surface area contributed by atoms with Gasteiger partial charge in [0, 0.05) is 24.7 Å². The molecule has 2 aliphatic rings. The van der Waals surface area contributed by atoms with Crippen molar-refractivity contribution in [1.82, 2.24) is 10.2 Å². The van der Waals surface area contributed by atoms with E-state index in [0.717, 1.165) is 38.9 Å². The minimum Gasteiger partial charge on any atom is -0.394 e. The maximum atomic E-state index is 9.78. The first-order valence-corrected chi connectivity index (χ1v) is 8.33. The van der Waals surface area contributed by atoms with Crippen LogP contribution >= 0.6 is 0 Å². The molecule has 0 spiro atoms. The molecule has 118 valence electrons. The third kappa shape index (κ3) is 4.69. The Labute approximate surface area is 123 Å². The molecule has 1 aliphatic carbocycles. The predicted molar refractivity (Wildman–Crippen MR) is 81.9 cm³/mol. The van der Waals surface area contributed by atoms with E-state index in [1.165, 1.54) is 12.8 Å². The maximum absolute atomic E-state index is 9.78. The lowest BCUT2D eigenvalue weighted by atomic mass is 9.90. The van der Waals surface area contributed by atoms with Crippen LogP contribution < -0.4 is 5.32 Å². The van der Waals surface area contributed by atoms with Gasteiger partial charge in [0.2, 0.25) is 0 Å². The summed E-state index contributed by atoms with van der Waals surface area (Å²) in [7, 11) is 0. The van der Waals surface area contributed by atoms with Crippen LogP contribution in [0.2, 0.25) is 0 Å². The van der Waals surface area contributed by atoms with Crippen LogP contribution in [0, 0.1) is 0 Å². The van der Waals surface area contributed by atoms with Gasteiger partial charge in [0.05, 0.1) is 18.8 Å². The number of aliphatic hydroxyl groups excluding tert-OH is 1. The molecule has 1 heterocycles. The van der Waals surface area contributed by atoms with Crippen molar-refractivity contribution in [3.05, 3.63) is 0 Å². The highest BCUT2D eigenvalue weighted by molar-refractivity contribution is 4.94. The second kappa shape index (κ2) is 7.21. The van der Waals surface area contributed by atoms with Crippen LogP contribution in [0.5, 0.6) is 0 Å². The van der Waals surface area contributed by atoms with Gasteiger partial charge in [0.25, 0.3) is 0 Å². The summed E-state index contributed by atoms with van der Waals surface area (Å²) in [6.45, 7) is 9.95. The summed E-state index contributed by atoms with van der Waals surface area (Å²) in [5.74, 6) is 0. The number of hydrogen-bond donors (Lipinski definition) is 2. The van der Waals surface area contributed by atoms with Gasteiger partial charge in [-0.15, -0.1) is 0 Å². The molecule has 20 heavy (non-hydrogen) atoms. The molecule has 2 fully saturated rings. The highest BCUT2D eigenvalue weighted by Crippen LogP contribution is 2.27. The average Bonchev–Trinajstić information content (AvgIpc) is 3.20. The Morgan fingerprint density at radius 2 is 1.90 bits per heavy atom. The summed E-state index contributed by atoms with van der Waals surface area (Å²) in [5.41, 5.74) is -0.0509. The molecule has 1 aliphatic heterocycles. The van der Waals surface area contributed by atoms with Gasteiger partial charge < -0.3 is 15.2 Å². The normalized spacial score (nSPS) is 31.2. The molecule has 0 aromatic rings. The van der Waals surface area contributed by atoms with Gasteiger partial charge >= 0.3 is 0 Å². The fourth-order valence-electron chi connectivity index (χ4n) is 3.36. The van der Waals surface area contributed by atoms with Crippen molar-refractivity contribution in [3.63, 3.8) is 0 Å². The van der Waals surface area contributed by atoms with Crippen molar-refractivity contribution in [3.8, 4) is 0 Å². The van der Waals surface area contributed by atoms with Crippen molar-refractivity contribution in [2.75, 3.05) is 26.2 Å². The van der Waals surface area contributed by atoms with Crippen LogP contribution in [0.3, 0.4) is 0 Å². The molecule has 1 saturated carbocycles.